The molecule has 0 aliphatic carbocycles. The number of rotatable bonds is 6. The van der Waals surface area contributed by atoms with Crippen molar-refractivity contribution in [3.8, 4) is 0 Å². The number of hydrogen-bond acceptors (Lipinski definition) is 3. The predicted octanol–water partition coefficient (Wildman–Crippen LogP) is 2.45. The summed E-state index contributed by atoms with van der Waals surface area (Å²) in [4.78, 5) is 11.7. The van der Waals surface area contributed by atoms with Crippen LogP contribution in [0.15, 0.2) is 24.3 Å². The van der Waals surface area contributed by atoms with Crippen molar-refractivity contribution < 1.29 is 14.6 Å². The first-order chi connectivity index (χ1) is 9.65. The first-order valence-electron chi connectivity index (χ1n) is 6.97. The topological polar surface area (TPSA) is 58.6 Å². The zero-order chi connectivity index (χ0) is 14.4. The third kappa shape index (κ3) is 4.78. The Kier molecular flexibility index (Phi) is 5.83. The summed E-state index contributed by atoms with van der Waals surface area (Å²) in [7, 11) is 0. The molecule has 110 valence electrons. The number of amides is 1. The summed E-state index contributed by atoms with van der Waals surface area (Å²) in [5, 5.41) is 13.4. The maximum absolute atomic E-state index is 11.7. The van der Waals surface area contributed by atoms with E-state index in [1.54, 1.807) is 24.3 Å². The normalized spacial score (nSPS) is 19.8. The number of ether oxygens (including phenoxy) is 1. The summed E-state index contributed by atoms with van der Waals surface area (Å²) in [5.41, 5.74) is 0.698. The Morgan fingerprint density at radius 3 is 2.85 bits per heavy atom. The SMILES string of the molecule is O=C(CC(O)c1ccc(Cl)cc1)NCCC1CCCO1. The molecule has 1 aromatic carbocycles. The number of benzene rings is 1. The average Bonchev–Trinajstić information content (AvgIpc) is 2.92. The van der Waals surface area contributed by atoms with E-state index in [-0.39, 0.29) is 18.4 Å². The third-order valence-corrected chi connectivity index (χ3v) is 3.70. The van der Waals surface area contributed by atoms with Crippen LogP contribution in [0.1, 0.15) is 37.4 Å². The van der Waals surface area contributed by atoms with E-state index < -0.39 is 6.10 Å². The van der Waals surface area contributed by atoms with Gasteiger partial charge in [-0.05, 0) is 37.0 Å². The summed E-state index contributed by atoms with van der Waals surface area (Å²) in [6, 6.07) is 6.87. The highest BCUT2D eigenvalue weighted by molar-refractivity contribution is 6.30. The quantitative estimate of drug-likeness (QED) is 0.848. The maximum atomic E-state index is 11.7. The van der Waals surface area contributed by atoms with Gasteiger partial charge in [0.15, 0.2) is 0 Å². The minimum Gasteiger partial charge on any atom is -0.388 e. The molecule has 4 nitrogen and oxygen atoms in total. The van der Waals surface area contributed by atoms with Crippen molar-refractivity contribution in [1.82, 2.24) is 5.32 Å². The van der Waals surface area contributed by atoms with Crippen LogP contribution in [0.4, 0.5) is 0 Å². The molecule has 1 fully saturated rings. The number of hydrogen-bond donors (Lipinski definition) is 2. The number of aliphatic hydroxyl groups excluding tert-OH is 1. The molecule has 2 unspecified atom stereocenters. The lowest BCUT2D eigenvalue weighted by atomic mass is 10.1. The lowest BCUT2D eigenvalue weighted by Gasteiger charge is -2.13. The van der Waals surface area contributed by atoms with Crippen molar-refractivity contribution in [2.75, 3.05) is 13.2 Å². The van der Waals surface area contributed by atoms with Crippen molar-refractivity contribution in [3.63, 3.8) is 0 Å². The largest absolute Gasteiger partial charge is 0.388 e. The molecule has 1 aliphatic rings. The van der Waals surface area contributed by atoms with Crippen LogP contribution in [-0.2, 0) is 9.53 Å². The van der Waals surface area contributed by atoms with Crippen LogP contribution in [0, 0.1) is 0 Å². The van der Waals surface area contributed by atoms with Crippen molar-refractivity contribution >= 4 is 17.5 Å². The van der Waals surface area contributed by atoms with E-state index in [4.69, 9.17) is 16.3 Å². The van der Waals surface area contributed by atoms with Gasteiger partial charge in [0.1, 0.15) is 0 Å². The molecule has 2 N–H and O–H groups in total. The number of carbonyl (C=O) groups is 1. The third-order valence-electron chi connectivity index (χ3n) is 3.45. The highest BCUT2D eigenvalue weighted by Gasteiger charge is 2.16. The van der Waals surface area contributed by atoms with E-state index >= 15 is 0 Å². The molecule has 1 saturated heterocycles. The van der Waals surface area contributed by atoms with Crippen LogP contribution >= 0.6 is 11.6 Å². The van der Waals surface area contributed by atoms with Gasteiger partial charge < -0.3 is 15.2 Å². The molecule has 0 radical (unpaired) electrons. The molecule has 1 aliphatic heterocycles. The van der Waals surface area contributed by atoms with Gasteiger partial charge in [0.05, 0.1) is 18.6 Å². The first-order valence-corrected chi connectivity index (χ1v) is 7.35. The molecule has 20 heavy (non-hydrogen) atoms. The zero-order valence-corrected chi connectivity index (χ0v) is 12.1. The highest BCUT2D eigenvalue weighted by atomic mass is 35.5. The summed E-state index contributed by atoms with van der Waals surface area (Å²) in [6.07, 6.45) is 2.55. The zero-order valence-electron chi connectivity index (χ0n) is 11.3. The molecule has 5 heteroatoms. The first kappa shape index (κ1) is 15.3. The number of nitrogens with one attached hydrogen (secondary N) is 1. The molecule has 0 saturated carbocycles. The summed E-state index contributed by atoms with van der Waals surface area (Å²) >= 11 is 5.78. The van der Waals surface area contributed by atoms with Gasteiger partial charge in [0, 0.05) is 18.2 Å². The molecule has 1 amide bonds. The van der Waals surface area contributed by atoms with Gasteiger partial charge in [-0.25, -0.2) is 0 Å². The molecule has 0 spiro atoms. The molecular formula is C15H20ClNO3. The van der Waals surface area contributed by atoms with Crippen molar-refractivity contribution in [2.45, 2.75) is 37.9 Å². The van der Waals surface area contributed by atoms with E-state index in [0.717, 1.165) is 25.9 Å². The Balaban J connectivity index is 1.69. The Morgan fingerprint density at radius 1 is 1.45 bits per heavy atom. The molecule has 1 aromatic rings. The fourth-order valence-electron chi connectivity index (χ4n) is 2.30. The van der Waals surface area contributed by atoms with Crippen molar-refractivity contribution in [2.24, 2.45) is 0 Å². The summed E-state index contributed by atoms with van der Waals surface area (Å²) in [6.45, 7) is 1.42. The molecule has 0 aromatic heterocycles. The van der Waals surface area contributed by atoms with Gasteiger partial charge in [-0.2, -0.15) is 0 Å². The van der Waals surface area contributed by atoms with Crippen LogP contribution in [-0.4, -0.2) is 30.3 Å². The Bertz CT molecular complexity index is 429. The van der Waals surface area contributed by atoms with Gasteiger partial charge >= 0.3 is 0 Å². The van der Waals surface area contributed by atoms with E-state index in [2.05, 4.69) is 5.32 Å². The minimum atomic E-state index is -0.796. The summed E-state index contributed by atoms with van der Waals surface area (Å²) in [5.74, 6) is -0.148. The van der Waals surface area contributed by atoms with Gasteiger partial charge in [-0.1, -0.05) is 23.7 Å². The molecule has 1 heterocycles. The van der Waals surface area contributed by atoms with Crippen LogP contribution in [0.3, 0.4) is 0 Å². The van der Waals surface area contributed by atoms with Gasteiger partial charge in [0.2, 0.25) is 5.91 Å². The van der Waals surface area contributed by atoms with Crippen LogP contribution in [0.5, 0.6) is 0 Å². The lowest BCUT2D eigenvalue weighted by Crippen LogP contribution is -2.28. The Hall–Kier alpha value is -1.10. The number of carbonyl (C=O) groups excluding carboxylic acids is 1. The Labute approximate surface area is 124 Å². The fourth-order valence-corrected chi connectivity index (χ4v) is 2.42. The minimum absolute atomic E-state index is 0.0627. The van der Waals surface area contributed by atoms with E-state index in [1.165, 1.54) is 0 Å². The molecule has 2 atom stereocenters. The second kappa shape index (κ2) is 7.62. The van der Waals surface area contributed by atoms with E-state index in [9.17, 15) is 9.90 Å². The van der Waals surface area contributed by atoms with Crippen molar-refractivity contribution in [3.05, 3.63) is 34.9 Å². The second-order valence-electron chi connectivity index (χ2n) is 5.05. The fraction of sp³-hybridized carbons (Fsp3) is 0.533. The van der Waals surface area contributed by atoms with Crippen molar-refractivity contribution in [1.29, 1.82) is 0 Å². The average molecular weight is 298 g/mol. The van der Waals surface area contributed by atoms with Gasteiger partial charge in [-0.3, -0.25) is 4.79 Å². The predicted molar refractivity (Wildman–Crippen MR) is 77.6 cm³/mol. The molecule has 0 bridgehead atoms. The maximum Gasteiger partial charge on any atom is 0.222 e. The molecule has 2 rings (SSSR count). The standard InChI is InChI=1S/C15H20ClNO3/c16-12-5-3-11(4-6-12)14(18)10-15(19)17-8-7-13-2-1-9-20-13/h3-6,13-14,18H,1-2,7-10H2,(H,17,19). The summed E-state index contributed by atoms with van der Waals surface area (Å²) < 4.78 is 5.48. The van der Waals surface area contributed by atoms with Gasteiger partial charge in [-0.15, -0.1) is 0 Å². The Morgan fingerprint density at radius 2 is 2.20 bits per heavy atom. The second-order valence-corrected chi connectivity index (χ2v) is 5.48. The van der Waals surface area contributed by atoms with Crippen LogP contribution < -0.4 is 5.32 Å². The van der Waals surface area contributed by atoms with E-state index in [0.29, 0.717) is 17.1 Å². The smallest absolute Gasteiger partial charge is 0.222 e. The van der Waals surface area contributed by atoms with Crippen LogP contribution in [0.2, 0.25) is 5.02 Å². The monoisotopic (exact) mass is 297 g/mol. The van der Waals surface area contributed by atoms with Gasteiger partial charge in [0.25, 0.3) is 0 Å². The number of aliphatic hydroxyl groups is 1. The van der Waals surface area contributed by atoms with E-state index in [1.807, 2.05) is 0 Å². The molecular weight excluding hydrogens is 278 g/mol. The lowest BCUT2D eigenvalue weighted by molar-refractivity contribution is -0.123. The highest BCUT2D eigenvalue weighted by Crippen LogP contribution is 2.19. The van der Waals surface area contributed by atoms with Crippen LogP contribution in [0.25, 0.3) is 0 Å². The number of halogens is 1.